The first-order valence-corrected chi connectivity index (χ1v) is 9.25. The van der Waals surface area contributed by atoms with Gasteiger partial charge in [0, 0.05) is 13.0 Å². The molecule has 0 radical (unpaired) electrons. The molecule has 134 valence electrons. The lowest BCUT2D eigenvalue weighted by Crippen LogP contribution is -2.38. The van der Waals surface area contributed by atoms with Gasteiger partial charge in [-0.05, 0) is 47.9 Å². The Labute approximate surface area is 153 Å². The summed E-state index contributed by atoms with van der Waals surface area (Å²) in [5.74, 6) is -0.971. The molecular weight excluding hydrogens is 326 g/mol. The first-order chi connectivity index (χ1) is 12.6. The van der Waals surface area contributed by atoms with Crippen LogP contribution in [0.5, 0.6) is 0 Å². The first kappa shape index (κ1) is 16.8. The summed E-state index contributed by atoms with van der Waals surface area (Å²) in [5, 5.41) is 9.17. The maximum Gasteiger partial charge on any atom is 0.306 e. The van der Waals surface area contributed by atoms with Crippen molar-refractivity contribution in [1.82, 2.24) is 4.90 Å². The minimum Gasteiger partial charge on any atom is -0.481 e. The summed E-state index contributed by atoms with van der Waals surface area (Å²) >= 11 is 0. The van der Waals surface area contributed by atoms with Crippen LogP contribution in [0.25, 0.3) is 11.1 Å². The van der Waals surface area contributed by atoms with Crippen molar-refractivity contribution in [2.24, 2.45) is 11.8 Å². The third-order valence-electron chi connectivity index (χ3n) is 5.96. The molecule has 1 fully saturated rings. The molecule has 1 saturated carbocycles. The number of fused-ring (bicyclic) bond motifs is 3. The van der Waals surface area contributed by atoms with Gasteiger partial charge in [0.1, 0.15) is 0 Å². The molecule has 0 heterocycles. The number of carbonyl (C=O) groups is 2. The van der Waals surface area contributed by atoms with Gasteiger partial charge in [-0.3, -0.25) is 9.59 Å². The fraction of sp³-hybridized carbons (Fsp3) is 0.364. The molecule has 4 heteroatoms. The Kier molecular flexibility index (Phi) is 4.27. The zero-order chi connectivity index (χ0) is 18.3. The Balaban J connectivity index is 1.59. The van der Waals surface area contributed by atoms with Crippen LogP contribution < -0.4 is 0 Å². The van der Waals surface area contributed by atoms with E-state index in [1.165, 1.54) is 22.3 Å². The highest BCUT2D eigenvalue weighted by atomic mass is 16.4. The maximum atomic E-state index is 13.2. The molecule has 26 heavy (non-hydrogen) atoms. The fourth-order valence-electron chi connectivity index (χ4n) is 4.55. The molecule has 0 spiro atoms. The molecule has 2 aromatic rings. The topological polar surface area (TPSA) is 57.6 Å². The molecule has 2 aliphatic rings. The molecule has 0 bridgehead atoms. The first-order valence-electron chi connectivity index (χ1n) is 9.25. The van der Waals surface area contributed by atoms with E-state index in [-0.39, 0.29) is 23.8 Å². The molecule has 0 aromatic heterocycles. The fourth-order valence-corrected chi connectivity index (χ4v) is 4.55. The summed E-state index contributed by atoms with van der Waals surface area (Å²) in [6, 6.07) is 16.5. The molecule has 2 aliphatic carbocycles. The Morgan fingerprint density at radius 1 is 0.846 bits per heavy atom. The summed E-state index contributed by atoms with van der Waals surface area (Å²) in [6.45, 7) is 0. The molecule has 1 amide bonds. The molecule has 0 aliphatic heterocycles. The summed E-state index contributed by atoms with van der Waals surface area (Å²) < 4.78 is 0. The number of aliphatic carboxylic acids is 1. The zero-order valence-electron chi connectivity index (χ0n) is 14.9. The standard InChI is InChI=1S/C22H23NO3/c1-23(21(24)14-10-12-15(13-11-14)22(25)26)20-18-8-4-2-6-16(18)17-7-3-5-9-19(17)20/h2-9,14-15,20H,10-13H2,1H3,(H,25,26). The molecule has 0 unspecified atom stereocenters. The number of hydrogen-bond acceptors (Lipinski definition) is 2. The van der Waals surface area contributed by atoms with Crippen LogP contribution in [0.3, 0.4) is 0 Å². The van der Waals surface area contributed by atoms with E-state index < -0.39 is 5.97 Å². The second kappa shape index (κ2) is 6.60. The van der Waals surface area contributed by atoms with Crippen LogP contribution in [0.15, 0.2) is 48.5 Å². The van der Waals surface area contributed by atoms with E-state index in [1.807, 2.05) is 36.2 Å². The van der Waals surface area contributed by atoms with Crippen molar-refractivity contribution in [3.63, 3.8) is 0 Å². The van der Waals surface area contributed by atoms with Crippen molar-refractivity contribution in [3.8, 4) is 11.1 Å². The van der Waals surface area contributed by atoms with Gasteiger partial charge in [0.15, 0.2) is 0 Å². The number of carboxylic acids is 1. The number of nitrogens with zero attached hydrogens (tertiary/aromatic N) is 1. The number of benzene rings is 2. The monoisotopic (exact) mass is 349 g/mol. The summed E-state index contributed by atoms with van der Waals surface area (Å²) in [6.07, 6.45) is 2.52. The molecule has 2 aromatic carbocycles. The van der Waals surface area contributed by atoms with Crippen LogP contribution in [-0.2, 0) is 9.59 Å². The summed E-state index contributed by atoms with van der Waals surface area (Å²) in [4.78, 5) is 26.2. The SMILES string of the molecule is CN(C(=O)C1CCC(C(=O)O)CC1)C1c2ccccc2-c2ccccc21. The molecule has 4 rings (SSSR count). The quantitative estimate of drug-likeness (QED) is 0.907. The van der Waals surface area contributed by atoms with Crippen LogP contribution in [0.2, 0.25) is 0 Å². The zero-order valence-corrected chi connectivity index (χ0v) is 14.9. The average Bonchev–Trinajstić information content (AvgIpc) is 3.01. The second-order valence-electron chi connectivity index (χ2n) is 7.41. The van der Waals surface area contributed by atoms with Gasteiger partial charge in [0.05, 0.1) is 12.0 Å². The maximum absolute atomic E-state index is 13.2. The van der Waals surface area contributed by atoms with Crippen LogP contribution in [0.4, 0.5) is 0 Å². The lowest BCUT2D eigenvalue weighted by Gasteiger charge is -2.33. The Morgan fingerprint density at radius 2 is 1.31 bits per heavy atom. The van der Waals surface area contributed by atoms with Crippen molar-refractivity contribution in [2.45, 2.75) is 31.7 Å². The summed E-state index contributed by atoms with van der Waals surface area (Å²) in [5.41, 5.74) is 4.73. The van der Waals surface area contributed by atoms with Gasteiger partial charge in [-0.15, -0.1) is 0 Å². The van der Waals surface area contributed by atoms with E-state index >= 15 is 0 Å². The normalized spacial score (nSPS) is 21.7. The van der Waals surface area contributed by atoms with Crippen molar-refractivity contribution in [2.75, 3.05) is 7.05 Å². The molecule has 4 nitrogen and oxygen atoms in total. The lowest BCUT2D eigenvalue weighted by atomic mass is 9.81. The highest BCUT2D eigenvalue weighted by Gasteiger charge is 2.37. The van der Waals surface area contributed by atoms with Gasteiger partial charge < -0.3 is 10.0 Å². The van der Waals surface area contributed by atoms with Crippen LogP contribution in [0.1, 0.15) is 42.9 Å². The van der Waals surface area contributed by atoms with E-state index in [0.29, 0.717) is 25.7 Å². The van der Waals surface area contributed by atoms with E-state index in [2.05, 4.69) is 24.3 Å². The van der Waals surface area contributed by atoms with Gasteiger partial charge in [-0.1, -0.05) is 48.5 Å². The van der Waals surface area contributed by atoms with Crippen LogP contribution in [-0.4, -0.2) is 28.9 Å². The lowest BCUT2D eigenvalue weighted by molar-refractivity contribution is -0.145. The summed E-state index contributed by atoms with van der Waals surface area (Å²) in [7, 11) is 1.88. The minimum atomic E-state index is -0.733. The van der Waals surface area contributed by atoms with E-state index in [0.717, 1.165) is 0 Å². The van der Waals surface area contributed by atoms with Gasteiger partial charge in [0.25, 0.3) is 0 Å². The van der Waals surface area contributed by atoms with Gasteiger partial charge in [0.2, 0.25) is 5.91 Å². The Bertz CT molecular complexity index is 806. The van der Waals surface area contributed by atoms with E-state index in [9.17, 15) is 9.59 Å². The Morgan fingerprint density at radius 3 is 1.81 bits per heavy atom. The number of carbonyl (C=O) groups excluding carboxylic acids is 1. The van der Waals surface area contributed by atoms with Gasteiger partial charge >= 0.3 is 5.97 Å². The smallest absolute Gasteiger partial charge is 0.306 e. The van der Waals surface area contributed by atoms with Crippen molar-refractivity contribution in [1.29, 1.82) is 0 Å². The molecule has 0 atom stereocenters. The predicted octanol–water partition coefficient (Wildman–Crippen LogP) is 4.11. The number of amides is 1. The van der Waals surface area contributed by atoms with Gasteiger partial charge in [-0.2, -0.15) is 0 Å². The largest absolute Gasteiger partial charge is 0.481 e. The van der Waals surface area contributed by atoms with E-state index in [1.54, 1.807) is 0 Å². The van der Waals surface area contributed by atoms with Crippen molar-refractivity contribution in [3.05, 3.63) is 59.7 Å². The number of rotatable bonds is 3. The van der Waals surface area contributed by atoms with Crippen LogP contribution >= 0.6 is 0 Å². The molecule has 0 saturated heterocycles. The van der Waals surface area contributed by atoms with Crippen molar-refractivity contribution >= 4 is 11.9 Å². The number of hydrogen-bond donors (Lipinski definition) is 1. The third-order valence-corrected chi connectivity index (χ3v) is 5.96. The second-order valence-corrected chi connectivity index (χ2v) is 7.41. The molecular formula is C22H23NO3. The van der Waals surface area contributed by atoms with Gasteiger partial charge in [-0.25, -0.2) is 0 Å². The highest BCUT2D eigenvalue weighted by molar-refractivity contribution is 5.84. The predicted molar refractivity (Wildman–Crippen MR) is 99.6 cm³/mol. The highest BCUT2D eigenvalue weighted by Crippen LogP contribution is 2.46. The van der Waals surface area contributed by atoms with Crippen LogP contribution in [0, 0.1) is 11.8 Å². The average molecular weight is 349 g/mol. The van der Waals surface area contributed by atoms with Crippen molar-refractivity contribution < 1.29 is 14.7 Å². The number of carboxylic acid groups (broad SMARTS) is 1. The minimum absolute atomic E-state index is 0.0629. The molecule has 1 N–H and O–H groups in total. The van der Waals surface area contributed by atoms with E-state index in [4.69, 9.17) is 5.11 Å². The third kappa shape index (κ3) is 2.70. The Hall–Kier alpha value is -2.62.